The van der Waals surface area contributed by atoms with Crippen molar-refractivity contribution < 1.29 is 4.79 Å². The predicted octanol–water partition coefficient (Wildman–Crippen LogP) is 3.46. The summed E-state index contributed by atoms with van der Waals surface area (Å²) < 4.78 is 1.57. The van der Waals surface area contributed by atoms with E-state index in [2.05, 4.69) is 23.8 Å². The van der Waals surface area contributed by atoms with Crippen LogP contribution in [0.15, 0.2) is 35.1 Å². The number of aromatic amines is 1. The molecule has 3 aromatic rings. The number of fused-ring (bicyclic) bond motifs is 2. The lowest BCUT2D eigenvalue weighted by Gasteiger charge is -2.35. The van der Waals surface area contributed by atoms with E-state index in [9.17, 15) is 9.59 Å². The Kier molecular flexibility index (Phi) is 5.37. The number of aryl methyl sites for hydroxylation is 1. The van der Waals surface area contributed by atoms with E-state index in [1.807, 2.05) is 42.2 Å². The predicted molar refractivity (Wildman–Crippen MR) is 124 cm³/mol. The summed E-state index contributed by atoms with van der Waals surface area (Å²) in [6, 6.07) is 10.0. The summed E-state index contributed by atoms with van der Waals surface area (Å²) >= 11 is 0. The van der Waals surface area contributed by atoms with Gasteiger partial charge in [-0.15, -0.1) is 0 Å². The van der Waals surface area contributed by atoms with E-state index in [4.69, 9.17) is 4.98 Å². The van der Waals surface area contributed by atoms with Crippen molar-refractivity contribution in [3.05, 3.63) is 68.8 Å². The summed E-state index contributed by atoms with van der Waals surface area (Å²) in [6.07, 6.45) is 3.72. The lowest BCUT2D eigenvalue weighted by atomic mass is 9.98. The number of likely N-dealkylation sites (tertiary alicyclic amines) is 1. The molecule has 5 rings (SSSR count). The maximum Gasteiger partial charge on any atom is 0.277 e. The highest BCUT2D eigenvalue weighted by molar-refractivity contribution is 5.94. The maximum atomic E-state index is 13.3. The van der Waals surface area contributed by atoms with Crippen molar-refractivity contribution in [2.24, 2.45) is 0 Å². The highest BCUT2D eigenvalue weighted by Gasteiger charge is 2.31. The average Bonchev–Trinajstić information content (AvgIpc) is 3.23. The molecule has 1 fully saturated rings. The third-order valence-electron chi connectivity index (χ3n) is 6.96. The molecule has 0 aliphatic carbocycles. The Bertz CT molecular complexity index is 1210. The van der Waals surface area contributed by atoms with E-state index in [1.54, 1.807) is 4.52 Å². The number of carbonyl (C=O) groups is 1. The monoisotopic (exact) mass is 433 g/mol. The van der Waals surface area contributed by atoms with Gasteiger partial charge in [-0.05, 0) is 52.2 Å². The van der Waals surface area contributed by atoms with Crippen LogP contribution in [0.1, 0.15) is 72.0 Å². The van der Waals surface area contributed by atoms with E-state index >= 15 is 0 Å². The van der Waals surface area contributed by atoms with Crippen LogP contribution < -0.4 is 5.56 Å². The quantitative estimate of drug-likeness (QED) is 0.687. The first-order valence-electron chi connectivity index (χ1n) is 11.7. The van der Waals surface area contributed by atoms with Gasteiger partial charge in [0.15, 0.2) is 5.65 Å². The van der Waals surface area contributed by atoms with Crippen LogP contribution >= 0.6 is 0 Å². The molecule has 4 heterocycles. The topological polar surface area (TPSA) is 73.7 Å². The number of benzene rings is 1. The molecule has 1 amide bonds. The molecule has 7 heteroatoms. The van der Waals surface area contributed by atoms with Gasteiger partial charge in [-0.3, -0.25) is 19.6 Å². The molecule has 1 saturated heterocycles. The van der Waals surface area contributed by atoms with Gasteiger partial charge in [-0.1, -0.05) is 17.7 Å². The van der Waals surface area contributed by atoms with Crippen molar-refractivity contribution in [2.45, 2.75) is 65.1 Å². The Morgan fingerprint density at radius 3 is 2.69 bits per heavy atom. The molecular weight excluding hydrogens is 402 g/mol. The van der Waals surface area contributed by atoms with Crippen LogP contribution in [0.2, 0.25) is 0 Å². The Morgan fingerprint density at radius 2 is 1.94 bits per heavy atom. The number of H-pyrrole nitrogens is 1. The Morgan fingerprint density at radius 1 is 1.16 bits per heavy atom. The van der Waals surface area contributed by atoms with Gasteiger partial charge in [0.05, 0.1) is 23.0 Å². The highest BCUT2D eigenvalue weighted by Crippen LogP contribution is 2.32. The van der Waals surface area contributed by atoms with Crippen LogP contribution in [0.3, 0.4) is 0 Å². The molecule has 2 aromatic heterocycles. The zero-order chi connectivity index (χ0) is 22.4. The van der Waals surface area contributed by atoms with E-state index in [0.717, 1.165) is 61.3 Å². The van der Waals surface area contributed by atoms with E-state index < -0.39 is 0 Å². The van der Waals surface area contributed by atoms with Gasteiger partial charge >= 0.3 is 0 Å². The minimum absolute atomic E-state index is 0.0196. The zero-order valence-corrected chi connectivity index (χ0v) is 19.1. The van der Waals surface area contributed by atoms with E-state index in [0.29, 0.717) is 23.8 Å². The standard InChI is InChI=1S/C25H31N5O2/c1-16(2)28-13-11-20-19(15-28)25(32)30-23(26-20)14-21(27-30)22-6-4-5-12-29(22)24(31)18-9-7-17(3)8-10-18/h7-10,14,16,22,27H,4-6,11-13,15H2,1-3H3/t22-/m0/s1. The number of nitrogens with zero attached hydrogens (tertiary/aromatic N) is 4. The third kappa shape index (κ3) is 3.64. The van der Waals surface area contributed by atoms with Crippen LogP contribution in [-0.4, -0.2) is 49.4 Å². The zero-order valence-electron chi connectivity index (χ0n) is 19.1. The largest absolute Gasteiger partial charge is 0.330 e. The Balaban J connectivity index is 1.50. The number of aromatic nitrogens is 3. The molecule has 32 heavy (non-hydrogen) atoms. The van der Waals surface area contributed by atoms with Crippen LogP contribution in [0.25, 0.3) is 5.65 Å². The number of rotatable bonds is 3. The molecule has 7 nitrogen and oxygen atoms in total. The first kappa shape index (κ1) is 20.9. The van der Waals surface area contributed by atoms with Crippen molar-refractivity contribution in [3.8, 4) is 0 Å². The number of piperidine rings is 1. The van der Waals surface area contributed by atoms with Crippen molar-refractivity contribution in [1.29, 1.82) is 0 Å². The first-order valence-corrected chi connectivity index (χ1v) is 11.7. The van der Waals surface area contributed by atoms with Gasteiger partial charge in [-0.2, -0.15) is 0 Å². The van der Waals surface area contributed by atoms with Crippen LogP contribution in [0, 0.1) is 6.92 Å². The third-order valence-corrected chi connectivity index (χ3v) is 6.96. The van der Waals surface area contributed by atoms with Crippen molar-refractivity contribution in [3.63, 3.8) is 0 Å². The molecule has 0 bridgehead atoms. The summed E-state index contributed by atoms with van der Waals surface area (Å²) in [5.41, 5.74) is 5.05. The lowest BCUT2D eigenvalue weighted by molar-refractivity contribution is 0.0605. The molecule has 1 aromatic carbocycles. The van der Waals surface area contributed by atoms with Crippen LogP contribution in [0.5, 0.6) is 0 Å². The van der Waals surface area contributed by atoms with Gasteiger partial charge in [0.25, 0.3) is 11.5 Å². The second kappa shape index (κ2) is 8.20. The lowest BCUT2D eigenvalue weighted by Crippen LogP contribution is -2.40. The minimum atomic E-state index is -0.0807. The number of nitrogens with one attached hydrogen (secondary N) is 1. The van der Waals surface area contributed by atoms with Gasteiger partial charge in [0, 0.05) is 43.7 Å². The molecule has 0 spiro atoms. The maximum absolute atomic E-state index is 13.3. The van der Waals surface area contributed by atoms with Crippen molar-refractivity contribution in [1.82, 2.24) is 24.4 Å². The average molecular weight is 434 g/mol. The molecule has 2 aliphatic heterocycles. The fraction of sp³-hybridized carbons (Fsp3) is 0.480. The summed E-state index contributed by atoms with van der Waals surface area (Å²) in [6.45, 7) is 8.61. The fourth-order valence-electron chi connectivity index (χ4n) is 4.99. The van der Waals surface area contributed by atoms with Crippen molar-refractivity contribution in [2.75, 3.05) is 13.1 Å². The molecule has 1 atom stereocenters. The Hall–Kier alpha value is -2.93. The Labute approximate surface area is 188 Å². The van der Waals surface area contributed by atoms with Gasteiger partial charge in [-0.25, -0.2) is 9.50 Å². The fourth-order valence-corrected chi connectivity index (χ4v) is 4.99. The number of amides is 1. The summed E-state index contributed by atoms with van der Waals surface area (Å²) in [5.74, 6) is 0.0422. The van der Waals surface area contributed by atoms with Crippen molar-refractivity contribution >= 4 is 11.6 Å². The molecule has 0 saturated carbocycles. The van der Waals surface area contributed by atoms with Crippen LogP contribution in [-0.2, 0) is 13.0 Å². The second-order valence-corrected chi connectivity index (χ2v) is 9.44. The number of hydrogen-bond acceptors (Lipinski definition) is 4. The normalized spacial score (nSPS) is 19.5. The summed E-state index contributed by atoms with van der Waals surface area (Å²) in [7, 11) is 0. The van der Waals surface area contributed by atoms with Gasteiger partial charge in [0.2, 0.25) is 0 Å². The van der Waals surface area contributed by atoms with Gasteiger partial charge in [0.1, 0.15) is 0 Å². The van der Waals surface area contributed by atoms with E-state index in [-0.39, 0.29) is 17.5 Å². The number of carbonyl (C=O) groups excluding carboxylic acids is 1. The smallest absolute Gasteiger partial charge is 0.277 e. The summed E-state index contributed by atoms with van der Waals surface area (Å²) in [4.78, 5) is 35.7. The summed E-state index contributed by atoms with van der Waals surface area (Å²) in [5, 5.41) is 3.30. The molecular formula is C25H31N5O2. The molecule has 2 aliphatic rings. The molecule has 168 valence electrons. The second-order valence-electron chi connectivity index (χ2n) is 9.44. The molecule has 0 unspecified atom stereocenters. The van der Waals surface area contributed by atoms with E-state index in [1.165, 1.54) is 0 Å². The van der Waals surface area contributed by atoms with Crippen LogP contribution in [0.4, 0.5) is 0 Å². The minimum Gasteiger partial charge on any atom is -0.330 e. The van der Waals surface area contributed by atoms with Gasteiger partial charge < -0.3 is 4.90 Å². The SMILES string of the molecule is Cc1ccc(C(=O)N2CCCC[C@H]2c2cc3nc4c(c(=O)n3[nH]2)CN(C(C)C)CC4)cc1. The number of hydrogen-bond donors (Lipinski definition) is 1. The molecule has 0 radical (unpaired) electrons. The first-order chi connectivity index (χ1) is 15.4. The molecule has 1 N–H and O–H groups in total. The highest BCUT2D eigenvalue weighted by atomic mass is 16.2.